The molecular formula is C25H24ClN5O4. The summed E-state index contributed by atoms with van der Waals surface area (Å²) < 4.78 is 13.9. The molecule has 2 aromatic heterocycles. The van der Waals surface area contributed by atoms with E-state index in [2.05, 4.69) is 15.5 Å². The number of nitrogens with one attached hydrogen (secondary N) is 1. The number of carbonyl (C=O) groups excluding carboxylic acids is 2. The average Bonchev–Trinajstić information content (AvgIpc) is 3.49. The van der Waals surface area contributed by atoms with E-state index in [1.807, 2.05) is 56.3 Å². The first-order valence-electron chi connectivity index (χ1n) is 10.9. The molecule has 0 fully saturated rings. The molecule has 35 heavy (non-hydrogen) atoms. The summed E-state index contributed by atoms with van der Waals surface area (Å²) in [7, 11) is 0. The van der Waals surface area contributed by atoms with Gasteiger partial charge in [0.2, 0.25) is 0 Å². The van der Waals surface area contributed by atoms with Crippen molar-refractivity contribution < 1.29 is 19.1 Å². The number of hydrogen-bond acceptors (Lipinski definition) is 6. The number of para-hydroxylation sites is 1. The molecule has 0 saturated carbocycles. The van der Waals surface area contributed by atoms with Gasteiger partial charge in [0.15, 0.2) is 18.2 Å². The smallest absolute Gasteiger partial charge is 0.343 e. The number of carbonyl (C=O) groups is 2. The predicted octanol–water partition coefficient (Wildman–Crippen LogP) is 4.80. The number of aromatic nitrogens is 4. The van der Waals surface area contributed by atoms with Gasteiger partial charge < -0.3 is 14.8 Å². The molecule has 0 aliphatic rings. The average molecular weight is 494 g/mol. The van der Waals surface area contributed by atoms with Gasteiger partial charge in [-0.05, 0) is 62.2 Å². The number of ether oxygens (including phenoxy) is 2. The second-order valence-corrected chi connectivity index (χ2v) is 8.09. The number of nitrogens with zero attached hydrogens (tertiary/aromatic N) is 4. The first-order chi connectivity index (χ1) is 16.9. The van der Waals surface area contributed by atoms with Gasteiger partial charge in [-0.25, -0.2) is 14.2 Å². The molecule has 0 atom stereocenters. The fraction of sp³-hybridized carbons (Fsp3) is 0.200. The van der Waals surface area contributed by atoms with E-state index in [0.29, 0.717) is 16.5 Å². The van der Waals surface area contributed by atoms with Gasteiger partial charge in [-0.15, -0.1) is 0 Å². The molecule has 1 amide bonds. The Morgan fingerprint density at radius 3 is 2.49 bits per heavy atom. The van der Waals surface area contributed by atoms with E-state index in [9.17, 15) is 9.59 Å². The summed E-state index contributed by atoms with van der Waals surface area (Å²) in [5, 5.41) is 12.0. The van der Waals surface area contributed by atoms with Crippen molar-refractivity contribution in [2.45, 2.75) is 27.5 Å². The zero-order chi connectivity index (χ0) is 24.9. The number of amides is 1. The quantitative estimate of drug-likeness (QED) is 0.354. The van der Waals surface area contributed by atoms with Crippen LogP contribution in [0, 0.1) is 13.8 Å². The zero-order valence-electron chi connectivity index (χ0n) is 19.5. The Morgan fingerprint density at radius 1 is 1.09 bits per heavy atom. The maximum atomic E-state index is 13.0. The van der Waals surface area contributed by atoms with Crippen molar-refractivity contribution in [3.63, 3.8) is 0 Å². The molecule has 0 bridgehead atoms. The standard InChI is InChI=1S/C25H24ClN5O4/c1-4-34-25(33)20-14-27-31(18-8-6-5-7-9-18)23(20)28-24(32)21-10-11-30(29-21)15-35-19-12-16(2)22(26)17(3)13-19/h5-14H,4,15H2,1-3H3,(H,28,32). The van der Waals surface area contributed by atoms with Crippen molar-refractivity contribution in [2.75, 3.05) is 11.9 Å². The molecule has 0 radical (unpaired) electrons. The lowest BCUT2D eigenvalue weighted by molar-refractivity contribution is 0.0527. The number of aryl methyl sites for hydroxylation is 2. The van der Waals surface area contributed by atoms with Crippen LogP contribution in [0.5, 0.6) is 5.75 Å². The normalized spacial score (nSPS) is 10.7. The lowest BCUT2D eigenvalue weighted by Crippen LogP contribution is -2.19. The van der Waals surface area contributed by atoms with Crippen LogP contribution in [0.15, 0.2) is 60.9 Å². The molecule has 0 aliphatic heterocycles. The van der Waals surface area contributed by atoms with Gasteiger partial charge in [-0.2, -0.15) is 10.2 Å². The molecule has 2 aromatic carbocycles. The summed E-state index contributed by atoms with van der Waals surface area (Å²) in [6.45, 7) is 5.81. The summed E-state index contributed by atoms with van der Waals surface area (Å²) >= 11 is 6.21. The van der Waals surface area contributed by atoms with Crippen LogP contribution in [0.2, 0.25) is 5.02 Å². The number of anilines is 1. The fourth-order valence-corrected chi connectivity index (χ4v) is 3.56. The van der Waals surface area contributed by atoms with Gasteiger partial charge in [0.25, 0.3) is 5.91 Å². The molecule has 0 spiro atoms. The monoisotopic (exact) mass is 493 g/mol. The van der Waals surface area contributed by atoms with Crippen LogP contribution in [0.3, 0.4) is 0 Å². The number of hydrogen-bond donors (Lipinski definition) is 1. The number of halogens is 1. The molecule has 4 aromatic rings. The van der Waals surface area contributed by atoms with Crippen molar-refractivity contribution in [3.8, 4) is 11.4 Å². The second-order valence-electron chi connectivity index (χ2n) is 7.71. The summed E-state index contributed by atoms with van der Waals surface area (Å²) in [4.78, 5) is 25.5. The highest BCUT2D eigenvalue weighted by Crippen LogP contribution is 2.26. The lowest BCUT2D eigenvalue weighted by Gasteiger charge is -2.11. The number of rotatable bonds is 8. The minimum atomic E-state index is -0.586. The molecule has 0 saturated heterocycles. The van der Waals surface area contributed by atoms with Crippen molar-refractivity contribution in [1.82, 2.24) is 19.6 Å². The molecule has 9 nitrogen and oxygen atoms in total. The van der Waals surface area contributed by atoms with Crippen LogP contribution < -0.4 is 10.1 Å². The largest absolute Gasteiger partial charge is 0.471 e. The van der Waals surface area contributed by atoms with Gasteiger partial charge in [0.05, 0.1) is 18.5 Å². The molecule has 0 aliphatic carbocycles. The van der Waals surface area contributed by atoms with E-state index in [0.717, 1.165) is 11.1 Å². The van der Waals surface area contributed by atoms with Gasteiger partial charge in [0, 0.05) is 11.2 Å². The Bertz CT molecular complexity index is 1340. The Kier molecular flexibility index (Phi) is 7.17. The van der Waals surface area contributed by atoms with E-state index in [4.69, 9.17) is 21.1 Å². The first-order valence-corrected chi connectivity index (χ1v) is 11.3. The van der Waals surface area contributed by atoms with Crippen molar-refractivity contribution in [2.24, 2.45) is 0 Å². The maximum Gasteiger partial charge on any atom is 0.343 e. The van der Waals surface area contributed by atoms with E-state index in [1.54, 1.807) is 19.2 Å². The predicted molar refractivity (Wildman–Crippen MR) is 131 cm³/mol. The highest BCUT2D eigenvalue weighted by atomic mass is 35.5. The van der Waals surface area contributed by atoms with E-state index in [1.165, 1.54) is 15.6 Å². The molecular weight excluding hydrogens is 470 g/mol. The third-order valence-corrected chi connectivity index (χ3v) is 5.74. The lowest BCUT2D eigenvalue weighted by atomic mass is 10.1. The van der Waals surface area contributed by atoms with Gasteiger partial charge >= 0.3 is 5.97 Å². The molecule has 1 N–H and O–H groups in total. The Labute approximate surface area is 207 Å². The van der Waals surface area contributed by atoms with Crippen LogP contribution in [-0.4, -0.2) is 38.0 Å². The molecule has 4 rings (SSSR count). The molecule has 0 unspecified atom stereocenters. The van der Waals surface area contributed by atoms with E-state index >= 15 is 0 Å². The molecule has 10 heteroatoms. The topological polar surface area (TPSA) is 100 Å². The number of benzene rings is 2. The Morgan fingerprint density at radius 2 is 1.80 bits per heavy atom. The number of esters is 1. The highest BCUT2D eigenvalue weighted by molar-refractivity contribution is 6.32. The van der Waals surface area contributed by atoms with Gasteiger partial charge in [-0.1, -0.05) is 29.8 Å². The maximum absolute atomic E-state index is 13.0. The van der Waals surface area contributed by atoms with Crippen molar-refractivity contribution in [3.05, 3.63) is 88.3 Å². The van der Waals surface area contributed by atoms with E-state index < -0.39 is 11.9 Å². The molecule has 2 heterocycles. The summed E-state index contributed by atoms with van der Waals surface area (Å²) in [5.74, 6) is -0.253. The van der Waals surface area contributed by atoms with E-state index in [-0.39, 0.29) is 30.4 Å². The Hall–Kier alpha value is -4.11. The summed E-state index contributed by atoms with van der Waals surface area (Å²) in [6, 6.07) is 14.4. The van der Waals surface area contributed by atoms with Gasteiger partial charge in [-0.3, -0.25) is 4.79 Å². The summed E-state index contributed by atoms with van der Waals surface area (Å²) in [6.07, 6.45) is 2.99. The van der Waals surface area contributed by atoms with Crippen molar-refractivity contribution >= 4 is 29.3 Å². The third kappa shape index (κ3) is 5.36. The fourth-order valence-electron chi connectivity index (χ4n) is 3.45. The van der Waals surface area contributed by atoms with Crippen LogP contribution in [0.25, 0.3) is 5.69 Å². The molecule has 180 valence electrons. The summed E-state index contributed by atoms with van der Waals surface area (Å²) in [5.41, 5.74) is 2.78. The minimum Gasteiger partial charge on any atom is -0.471 e. The van der Waals surface area contributed by atoms with Gasteiger partial charge in [0.1, 0.15) is 11.3 Å². The third-order valence-electron chi connectivity index (χ3n) is 5.14. The van der Waals surface area contributed by atoms with Crippen LogP contribution in [-0.2, 0) is 11.5 Å². The first kappa shape index (κ1) is 24.0. The minimum absolute atomic E-state index is 0.101. The van der Waals surface area contributed by atoms with Crippen LogP contribution >= 0.6 is 11.6 Å². The highest BCUT2D eigenvalue weighted by Gasteiger charge is 2.23. The van der Waals surface area contributed by atoms with Crippen molar-refractivity contribution in [1.29, 1.82) is 0 Å². The van der Waals surface area contributed by atoms with Crippen LogP contribution in [0.4, 0.5) is 5.82 Å². The SMILES string of the molecule is CCOC(=O)c1cnn(-c2ccccc2)c1NC(=O)c1ccn(COc2cc(C)c(Cl)c(C)c2)n1. The zero-order valence-corrected chi connectivity index (χ0v) is 20.2. The van der Waals surface area contributed by atoms with Crippen LogP contribution in [0.1, 0.15) is 38.9 Å². The Balaban J connectivity index is 1.52. The second kappa shape index (κ2) is 10.4.